The van der Waals surface area contributed by atoms with Crippen molar-refractivity contribution in [1.82, 2.24) is 9.58 Å². The summed E-state index contributed by atoms with van der Waals surface area (Å²) in [6.07, 6.45) is 4.31. The topological polar surface area (TPSA) is 51.3 Å². The highest BCUT2D eigenvalue weighted by atomic mass is 16.1. The average molecular weight is 361 g/mol. The molecule has 1 aliphatic heterocycles. The second-order valence-corrected chi connectivity index (χ2v) is 7.93. The lowest BCUT2D eigenvalue weighted by atomic mass is 9.88. The number of likely N-dealkylation sites (tertiary alicyclic amines) is 1. The molecule has 0 aliphatic carbocycles. The first kappa shape index (κ1) is 17.8. The molecule has 0 unspecified atom stereocenters. The highest BCUT2D eigenvalue weighted by Gasteiger charge is 2.23. The Morgan fingerprint density at radius 1 is 1.00 bits per heavy atom. The minimum atomic E-state index is 0.0686. The van der Waals surface area contributed by atoms with Gasteiger partial charge in [-0.3, -0.25) is 9.47 Å². The Labute approximate surface area is 160 Å². The van der Waals surface area contributed by atoms with E-state index in [1.54, 1.807) is 4.68 Å². The average Bonchev–Trinajstić information content (AvgIpc) is 3.00. The standard InChI is InChI=1S/C23H27N3O/c1-15-4-5-18(12-16(15)2)23(27)19-6-7-22-20(13-19)21(14-26(22)24)17-8-10-25(3)11-9-17/h4-7,12-14,17H,8-11,24H2,1-3H3. The monoisotopic (exact) mass is 361 g/mol. The van der Waals surface area contributed by atoms with E-state index in [0.717, 1.165) is 53.5 Å². The number of nitrogens with two attached hydrogens (primary N) is 1. The predicted molar refractivity (Wildman–Crippen MR) is 111 cm³/mol. The van der Waals surface area contributed by atoms with E-state index in [9.17, 15) is 4.79 Å². The molecule has 1 saturated heterocycles. The quantitative estimate of drug-likeness (QED) is 0.566. The van der Waals surface area contributed by atoms with Gasteiger partial charge in [0.2, 0.25) is 0 Å². The van der Waals surface area contributed by atoms with Crippen molar-refractivity contribution in [2.75, 3.05) is 26.0 Å². The number of hydrogen-bond acceptors (Lipinski definition) is 3. The first-order chi connectivity index (χ1) is 12.9. The van der Waals surface area contributed by atoms with Crippen molar-refractivity contribution in [3.05, 3.63) is 70.4 Å². The normalized spacial score (nSPS) is 16.1. The lowest BCUT2D eigenvalue weighted by Crippen LogP contribution is -2.29. The number of ketones is 1. The first-order valence-corrected chi connectivity index (χ1v) is 9.64. The number of fused-ring (bicyclic) bond motifs is 1. The highest BCUT2D eigenvalue weighted by Crippen LogP contribution is 2.34. The Bertz CT molecular complexity index is 1010. The van der Waals surface area contributed by atoms with Gasteiger partial charge in [-0.15, -0.1) is 0 Å². The van der Waals surface area contributed by atoms with E-state index in [-0.39, 0.29) is 5.78 Å². The molecule has 0 amide bonds. The molecule has 1 aromatic heterocycles. The number of carbonyl (C=O) groups is 1. The van der Waals surface area contributed by atoms with Crippen LogP contribution in [0.2, 0.25) is 0 Å². The zero-order valence-electron chi connectivity index (χ0n) is 16.3. The molecule has 2 heterocycles. The molecular formula is C23H27N3O. The number of rotatable bonds is 3. The van der Waals surface area contributed by atoms with Gasteiger partial charge >= 0.3 is 0 Å². The fourth-order valence-electron chi connectivity index (χ4n) is 4.12. The molecule has 2 aromatic carbocycles. The van der Waals surface area contributed by atoms with Gasteiger partial charge < -0.3 is 10.7 Å². The van der Waals surface area contributed by atoms with Gasteiger partial charge in [-0.25, -0.2) is 0 Å². The molecule has 0 saturated carbocycles. The van der Waals surface area contributed by atoms with Crippen LogP contribution in [0.5, 0.6) is 0 Å². The van der Waals surface area contributed by atoms with Crippen molar-refractivity contribution in [1.29, 1.82) is 0 Å². The molecule has 1 fully saturated rings. The minimum absolute atomic E-state index is 0.0686. The number of nitrogens with zero attached hydrogens (tertiary/aromatic N) is 2. The zero-order chi connectivity index (χ0) is 19.1. The molecule has 4 nitrogen and oxygen atoms in total. The number of nitrogen functional groups attached to an aromatic ring is 1. The summed E-state index contributed by atoms with van der Waals surface area (Å²) in [6, 6.07) is 11.8. The molecule has 0 atom stereocenters. The van der Waals surface area contributed by atoms with Crippen molar-refractivity contribution in [3.8, 4) is 0 Å². The smallest absolute Gasteiger partial charge is 0.193 e. The molecule has 3 aromatic rings. The van der Waals surface area contributed by atoms with E-state index in [4.69, 9.17) is 5.84 Å². The van der Waals surface area contributed by atoms with Crippen LogP contribution in [0.25, 0.3) is 10.9 Å². The van der Waals surface area contributed by atoms with Crippen LogP contribution in [0, 0.1) is 13.8 Å². The van der Waals surface area contributed by atoms with Crippen molar-refractivity contribution < 1.29 is 4.79 Å². The van der Waals surface area contributed by atoms with E-state index in [1.165, 1.54) is 11.1 Å². The second kappa shape index (κ2) is 6.86. The molecule has 4 heteroatoms. The van der Waals surface area contributed by atoms with Crippen LogP contribution in [0.1, 0.15) is 51.4 Å². The summed E-state index contributed by atoms with van der Waals surface area (Å²) in [6.45, 7) is 6.31. The van der Waals surface area contributed by atoms with Crippen molar-refractivity contribution in [3.63, 3.8) is 0 Å². The van der Waals surface area contributed by atoms with E-state index in [0.29, 0.717) is 5.92 Å². The fraction of sp³-hybridized carbons (Fsp3) is 0.348. The summed E-state index contributed by atoms with van der Waals surface area (Å²) < 4.78 is 1.70. The summed E-state index contributed by atoms with van der Waals surface area (Å²) in [5.74, 6) is 6.78. The van der Waals surface area contributed by atoms with Crippen LogP contribution in [-0.2, 0) is 0 Å². The third kappa shape index (κ3) is 3.26. The Balaban J connectivity index is 1.73. The highest BCUT2D eigenvalue weighted by molar-refractivity contribution is 6.11. The molecule has 4 rings (SSSR count). The van der Waals surface area contributed by atoms with Crippen molar-refractivity contribution in [2.45, 2.75) is 32.6 Å². The van der Waals surface area contributed by atoms with Crippen LogP contribution < -0.4 is 5.84 Å². The SMILES string of the molecule is Cc1ccc(C(=O)c2ccc3c(c2)c(C2CCN(C)CC2)cn3N)cc1C. The maximum Gasteiger partial charge on any atom is 0.193 e. The Morgan fingerprint density at radius 3 is 2.37 bits per heavy atom. The van der Waals surface area contributed by atoms with Crippen LogP contribution in [0.3, 0.4) is 0 Å². The Hall–Kier alpha value is -2.59. The van der Waals surface area contributed by atoms with E-state index < -0.39 is 0 Å². The maximum atomic E-state index is 13.0. The number of aromatic nitrogens is 1. The second-order valence-electron chi connectivity index (χ2n) is 7.93. The molecule has 0 spiro atoms. The predicted octanol–water partition coefficient (Wildman–Crippen LogP) is 4.01. The van der Waals surface area contributed by atoms with Gasteiger partial charge in [0.25, 0.3) is 0 Å². The van der Waals surface area contributed by atoms with Crippen LogP contribution >= 0.6 is 0 Å². The summed E-state index contributed by atoms with van der Waals surface area (Å²) in [5, 5.41) is 1.11. The van der Waals surface area contributed by atoms with Crippen molar-refractivity contribution >= 4 is 16.7 Å². The molecule has 2 N–H and O–H groups in total. The molecule has 1 aliphatic rings. The Morgan fingerprint density at radius 2 is 1.67 bits per heavy atom. The summed E-state index contributed by atoms with van der Waals surface area (Å²) in [7, 11) is 2.17. The van der Waals surface area contributed by atoms with Gasteiger partial charge in [-0.05, 0) is 93.7 Å². The summed E-state index contributed by atoms with van der Waals surface area (Å²) in [4.78, 5) is 15.4. The molecular weight excluding hydrogens is 334 g/mol. The number of piperidine rings is 1. The fourth-order valence-corrected chi connectivity index (χ4v) is 4.12. The van der Waals surface area contributed by atoms with Crippen LogP contribution in [-0.4, -0.2) is 35.5 Å². The molecule has 27 heavy (non-hydrogen) atoms. The van der Waals surface area contributed by atoms with Gasteiger partial charge in [-0.2, -0.15) is 0 Å². The number of hydrogen-bond donors (Lipinski definition) is 1. The van der Waals surface area contributed by atoms with Crippen LogP contribution in [0.4, 0.5) is 0 Å². The maximum absolute atomic E-state index is 13.0. The van der Waals surface area contributed by atoms with Gasteiger partial charge in [0.05, 0.1) is 5.52 Å². The zero-order valence-corrected chi connectivity index (χ0v) is 16.3. The lowest BCUT2D eigenvalue weighted by Gasteiger charge is -2.28. The van der Waals surface area contributed by atoms with Gasteiger partial charge in [0, 0.05) is 22.7 Å². The van der Waals surface area contributed by atoms with Crippen molar-refractivity contribution in [2.24, 2.45) is 0 Å². The number of aryl methyl sites for hydroxylation is 2. The third-order valence-electron chi connectivity index (χ3n) is 6.05. The molecule has 0 bridgehead atoms. The van der Waals surface area contributed by atoms with E-state index in [1.807, 2.05) is 49.5 Å². The summed E-state index contributed by atoms with van der Waals surface area (Å²) >= 11 is 0. The largest absolute Gasteiger partial charge is 0.339 e. The number of benzene rings is 2. The Kier molecular flexibility index (Phi) is 4.52. The minimum Gasteiger partial charge on any atom is -0.339 e. The molecule has 0 radical (unpaired) electrons. The molecule has 140 valence electrons. The summed E-state index contributed by atoms with van der Waals surface area (Å²) in [5.41, 5.74) is 6.07. The van der Waals surface area contributed by atoms with E-state index >= 15 is 0 Å². The first-order valence-electron chi connectivity index (χ1n) is 9.64. The van der Waals surface area contributed by atoms with Gasteiger partial charge in [0.15, 0.2) is 5.78 Å². The lowest BCUT2D eigenvalue weighted by molar-refractivity contribution is 0.103. The third-order valence-corrected chi connectivity index (χ3v) is 6.05. The van der Waals surface area contributed by atoms with Crippen LogP contribution in [0.15, 0.2) is 42.6 Å². The van der Waals surface area contributed by atoms with Gasteiger partial charge in [-0.1, -0.05) is 12.1 Å². The van der Waals surface area contributed by atoms with Gasteiger partial charge in [0.1, 0.15) is 0 Å². The number of carbonyl (C=O) groups excluding carboxylic acids is 1. The van der Waals surface area contributed by atoms with E-state index in [2.05, 4.69) is 18.9 Å².